The molecule has 0 radical (unpaired) electrons. The van der Waals surface area contributed by atoms with E-state index < -0.39 is 0 Å². The number of nitrogens with zero attached hydrogens (tertiary/aromatic N) is 1. The maximum atomic E-state index is 12.5. The van der Waals surface area contributed by atoms with Crippen LogP contribution in [0.4, 0.5) is 0 Å². The van der Waals surface area contributed by atoms with E-state index in [-0.39, 0.29) is 24.2 Å². The summed E-state index contributed by atoms with van der Waals surface area (Å²) in [6.45, 7) is 6.45. The molecule has 0 aromatic rings. The third-order valence-corrected chi connectivity index (χ3v) is 4.70. The molecule has 2 bridgehead atoms. The van der Waals surface area contributed by atoms with Crippen molar-refractivity contribution in [1.82, 2.24) is 10.2 Å². The Morgan fingerprint density at radius 2 is 2.22 bits per heavy atom. The summed E-state index contributed by atoms with van der Waals surface area (Å²) in [7, 11) is 0. The smallest absolute Gasteiger partial charge is 0.241 e. The third kappa shape index (κ3) is 1.77. The van der Waals surface area contributed by atoms with E-state index >= 15 is 0 Å². The van der Waals surface area contributed by atoms with Crippen LogP contribution < -0.4 is 5.32 Å². The largest absolute Gasteiger partial charge is 0.373 e. The SMILES string of the molecule is CCC1NC(C(C)C)N(C2CC3CCC2O3)C1=O. The van der Waals surface area contributed by atoms with Crippen LogP contribution in [0.1, 0.15) is 46.5 Å². The first kappa shape index (κ1) is 12.4. The number of hydrogen-bond acceptors (Lipinski definition) is 3. The first-order chi connectivity index (χ1) is 8.61. The minimum absolute atomic E-state index is 0.0107. The van der Waals surface area contributed by atoms with Crippen LogP contribution in [0.5, 0.6) is 0 Å². The van der Waals surface area contributed by atoms with Crippen LogP contribution in [0.3, 0.4) is 0 Å². The lowest BCUT2D eigenvalue weighted by atomic mass is 9.93. The van der Waals surface area contributed by atoms with Gasteiger partial charge in [0.2, 0.25) is 5.91 Å². The molecule has 0 aliphatic carbocycles. The van der Waals surface area contributed by atoms with Gasteiger partial charge in [0.1, 0.15) is 0 Å². The Balaban J connectivity index is 1.81. The van der Waals surface area contributed by atoms with Gasteiger partial charge in [-0.15, -0.1) is 0 Å². The predicted molar refractivity (Wildman–Crippen MR) is 69.0 cm³/mol. The molecule has 3 heterocycles. The molecule has 1 amide bonds. The second-order valence-corrected chi connectivity index (χ2v) is 6.24. The van der Waals surface area contributed by atoms with Gasteiger partial charge in [0.25, 0.3) is 0 Å². The molecule has 5 atom stereocenters. The normalized spacial score (nSPS) is 43.4. The molecule has 18 heavy (non-hydrogen) atoms. The Morgan fingerprint density at radius 3 is 2.72 bits per heavy atom. The number of nitrogens with one attached hydrogen (secondary N) is 1. The summed E-state index contributed by atoms with van der Waals surface area (Å²) in [6, 6.07) is 0.323. The van der Waals surface area contributed by atoms with Crippen LogP contribution in [-0.4, -0.2) is 41.3 Å². The molecule has 3 rings (SSSR count). The monoisotopic (exact) mass is 252 g/mol. The Morgan fingerprint density at radius 1 is 1.44 bits per heavy atom. The lowest BCUT2D eigenvalue weighted by molar-refractivity contribution is -0.134. The minimum atomic E-state index is 0.0107. The number of amides is 1. The minimum Gasteiger partial charge on any atom is -0.373 e. The zero-order valence-electron chi connectivity index (χ0n) is 11.6. The number of carbonyl (C=O) groups is 1. The Hall–Kier alpha value is -0.610. The lowest BCUT2D eigenvalue weighted by Crippen LogP contribution is -2.51. The highest BCUT2D eigenvalue weighted by Gasteiger charge is 2.51. The second-order valence-electron chi connectivity index (χ2n) is 6.24. The molecule has 4 heteroatoms. The highest BCUT2D eigenvalue weighted by Crippen LogP contribution is 2.39. The molecular formula is C14H24N2O2. The highest BCUT2D eigenvalue weighted by molar-refractivity contribution is 5.84. The van der Waals surface area contributed by atoms with Gasteiger partial charge in [0.05, 0.1) is 30.5 Å². The zero-order valence-corrected chi connectivity index (χ0v) is 11.6. The molecule has 102 valence electrons. The third-order valence-electron chi connectivity index (χ3n) is 4.70. The van der Waals surface area contributed by atoms with Gasteiger partial charge in [-0.3, -0.25) is 10.1 Å². The van der Waals surface area contributed by atoms with Crippen LogP contribution >= 0.6 is 0 Å². The van der Waals surface area contributed by atoms with Crippen LogP contribution in [-0.2, 0) is 9.53 Å². The molecule has 4 nitrogen and oxygen atoms in total. The summed E-state index contributed by atoms with van der Waals surface area (Å²) >= 11 is 0. The quantitative estimate of drug-likeness (QED) is 0.827. The van der Waals surface area contributed by atoms with Crippen molar-refractivity contribution in [2.45, 2.75) is 76.9 Å². The van der Waals surface area contributed by atoms with Gasteiger partial charge in [-0.05, 0) is 31.6 Å². The van der Waals surface area contributed by atoms with Gasteiger partial charge in [0.15, 0.2) is 0 Å². The Bertz CT molecular complexity index is 345. The highest BCUT2D eigenvalue weighted by atomic mass is 16.5. The lowest BCUT2D eigenvalue weighted by Gasteiger charge is -2.35. The van der Waals surface area contributed by atoms with Crippen LogP contribution in [0.15, 0.2) is 0 Å². The standard InChI is InChI=1S/C14H24N2O2/c1-4-10-14(17)16(13(15-10)8(2)3)11-7-9-5-6-12(11)18-9/h8-13,15H,4-7H2,1-3H3. The molecule has 5 unspecified atom stereocenters. The van der Waals surface area contributed by atoms with Crippen molar-refractivity contribution in [1.29, 1.82) is 0 Å². The van der Waals surface area contributed by atoms with E-state index in [1.54, 1.807) is 0 Å². The first-order valence-electron chi connectivity index (χ1n) is 7.35. The molecule has 0 aromatic heterocycles. The fourth-order valence-electron chi connectivity index (χ4n) is 3.75. The van der Waals surface area contributed by atoms with Gasteiger partial charge in [-0.2, -0.15) is 0 Å². The van der Waals surface area contributed by atoms with Crippen molar-refractivity contribution >= 4 is 5.91 Å². The van der Waals surface area contributed by atoms with Crippen LogP contribution in [0.2, 0.25) is 0 Å². The molecule has 3 fully saturated rings. The average Bonchev–Trinajstić information content (AvgIpc) is 3.01. The van der Waals surface area contributed by atoms with Crippen molar-refractivity contribution in [3.63, 3.8) is 0 Å². The van der Waals surface area contributed by atoms with E-state index in [9.17, 15) is 4.79 Å². The molecule has 0 saturated carbocycles. The van der Waals surface area contributed by atoms with Crippen LogP contribution in [0, 0.1) is 5.92 Å². The maximum Gasteiger partial charge on any atom is 0.241 e. The second kappa shape index (κ2) is 4.49. The maximum absolute atomic E-state index is 12.5. The van der Waals surface area contributed by atoms with E-state index in [4.69, 9.17) is 4.74 Å². The summed E-state index contributed by atoms with van der Waals surface area (Å²) in [6.07, 6.45) is 5.10. The average molecular weight is 252 g/mol. The summed E-state index contributed by atoms with van der Waals surface area (Å²) in [4.78, 5) is 14.6. The van der Waals surface area contributed by atoms with Gasteiger partial charge < -0.3 is 9.64 Å². The zero-order chi connectivity index (χ0) is 12.9. The first-order valence-corrected chi connectivity index (χ1v) is 7.35. The van der Waals surface area contributed by atoms with Gasteiger partial charge in [0, 0.05) is 0 Å². The van der Waals surface area contributed by atoms with Crippen molar-refractivity contribution in [3.05, 3.63) is 0 Å². The summed E-state index contributed by atoms with van der Waals surface area (Å²) in [5, 5.41) is 3.50. The Kier molecular flexibility index (Phi) is 3.10. The molecule has 0 aromatic carbocycles. The summed E-state index contributed by atoms with van der Waals surface area (Å²) < 4.78 is 5.92. The number of rotatable bonds is 3. The molecular weight excluding hydrogens is 228 g/mol. The predicted octanol–water partition coefficient (Wildman–Crippen LogP) is 1.50. The van der Waals surface area contributed by atoms with E-state index in [1.165, 1.54) is 6.42 Å². The van der Waals surface area contributed by atoms with E-state index in [1.807, 2.05) is 0 Å². The molecule has 3 saturated heterocycles. The molecule has 3 aliphatic rings. The van der Waals surface area contributed by atoms with Gasteiger partial charge in [-0.25, -0.2) is 0 Å². The molecule has 1 N–H and O–H groups in total. The molecule has 3 aliphatic heterocycles. The van der Waals surface area contributed by atoms with Crippen molar-refractivity contribution in [2.75, 3.05) is 0 Å². The van der Waals surface area contributed by atoms with Gasteiger partial charge >= 0.3 is 0 Å². The van der Waals surface area contributed by atoms with Crippen molar-refractivity contribution in [3.8, 4) is 0 Å². The van der Waals surface area contributed by atoms with E-state index in [2.05, 4.69) is 31.0 Å². The molecule has 0 spiro atoms. The number of ether oxygens (including phenoxy) is 1. The van der Waals surface area contributed by atoms with E-state index in [0.717, 1.165) is 19.3 Å². The summed E-state index contributed by atoms with van der Waals surface area (Å²) in [5.74, 6) is 0.738. The number of carbonyl (C=O) groups excluding carboxylic acids is 1. The topological polar surface area (TPSA) is 41.6 Å². The Labute approximate surface area is 109 Å². The van der Waals surface area contributed by atoms with E-state index in [0.29, 0.717) is 18.1 Å². The van der Waals surface area contributed by atoms with Crippen LogP contribution in [0.25, 0.3) is 0 Å². The van der Waals surface area contributed by atoms with Gasteiger partial charge in [-0.1, -0.05) is 20.8 Å². The summed E-state index contributed by atoms with van der Waals surface area (Å²) in [5.41, 5.74) is 0. The number of hydrogen-bond donors (Lipinski definition) is 1. The van der Waals surface area contributed by atoms with Crippen molar-refractivity contribution in [2.24, 2.45) is 5.92 Å². The fraction of sp³-hybridized carbons (Fsp3) is 0.929. The fourth-order valence-corrected chi connectivity index (χ4v) is 3.75. The van der Waals surface area contributed by atoms with Crippen molar-refractivity contribution < 1.29 is 9.53 Å². The number of fused-ring (bicyclic) bond motifs is 2.